The maximum Gasteiger partial charge on any atom is 0.410 e. The van der Waals surface area contributed by atoms with Gasteiger partial charge in [0.25, 0.3) is 0 Å². The number of fused-ring (bicyclic) bond motifs is 3. The van der Waals surface area contributed by atoms with Crippen LogP contribution in [0.1, 0.15) is 122 Å². The SMILES string of the molecule is CCC(C)(CC)n1cc(-c2ccnc(N(CC34CCC(c5ccc(OC)c(C)c5)(CC3)CC4)C(=O)C3CCC(OC(=O)N4CCC(O)CC4)CC3)c2)cn1. The molecule has 0 unspecified atom stereocenters. The van der Waals surface area contributed by atoms with Crippen LogP contribution in [-0.4, -0.2) is 75.7 Å². The van der Waals surface area contributed by atoms with Crippen molar-refractivity contribution in [3.8, 4) is 16.9 Å². The molecule has 5 aliphatic rings. The van der Waals surface area contributed by atoms with Crippen LogP contribution in [0.15, 0.2) is 48.9 Å². The van der Waals surface area contributed by atoms with Crippen LogP contribution < -0.4 is 9.64 Å². The van der Waals surface area contributed by atoms with Crippen molar-refractivity contribution < 1.29 is 24.2 Å². The molecule has 8 rings (SSSR count). The molecule has 1 aromatic carbocycles. The molecule has 1 N–H and O–H groups in total. The fourth-order valence-electron chi connectivity index (χ4n) is 9.75. The third-order valence-corrected chi connectivity index (χ3v) is 14.2. The third kappa shape index (κ3) is 7.64. The topological polar surface area (TPSA) is 110 Å². The van der Waals surface area contributed by atoms with E-state index >= 15 is 0 Å². The van der Waals surface area contributed by atoms with Crippen LogP contribution in [0.5, 0.6) is 5.75 Å². The van der Waals surface area contributed by atoms with Gasteiger partial charge in [0.05, 0.1) is 24.9 Å². The van der Waals surface area contributed by atoms with E-state index in [4.69, 9.17) is 19.6 Å². The Kier molecular flexibility index (Phi) is 11.1. The van der Waals surface area contributed by atoms with Crippen LogP contribution in [0.4, 0.5) is 10.6 Å². The summed E-state index contributed by atoms with van der Waals surface area (Å²) in [6.07, 6.45) is 17.5. The lowest BCUT2D eigenvalue weighted by molar-refractivity contribution is -0.124. The Labute approximate surface area is 321 Å². The normalized spacial score (nSPS) is 26.1. The molecule has 0 radical (unpaired) electrons. The molecule has 2 aromatic heterocycles. The molecular weight excluding hydrogens is 679 g/mol. The largest absolute Gasteiger partial charge is 0.496 e. The van der Waals surface area contributed by atoms with Gasteiger partial charge in [-0.15, -0.1) is 0 Å². The standard InChI is InChI=1S/C44H61N5O5/c1-6-42(4,7-2)49-29-34(28-46-49)33-14-23-45-39(27-33)48(40(51)32-8-11-37(12-9-32)54-41(52)47-24-15-36(50)16-25-47)30-43-17-20-44(21-18-43,22-19-43)35-10-13-38(53-5)31(3)26-35/h10,13-14,23,26-29,32,36-37,50H,6-9,11-12,15-22,24-25,30H2,1-5H3. The van der Waals surface area contributed by atoms with Gasteiger partial charge in [-0.3, -0.25) is 14.4 Å². The number of aryl methyl sites for hydroxylation is 1. The van der Waals surface area contributed by atoms with E-state index < -0.39 is 0 Å². The molecule has 2 bridgehead atoms. The number of carbonyl (C=O) groups excluding carboxylic acids is 2. The number of benzene rings is 1. The first-order valence-electron chi connectivity index (χ1n) is 20.6. The van der Waals surface area contributed by atoms with Gasteiger partial charge in [0.2, 0.25) is 5.91 Å². The number of aliphatic hydroxyl groups is 1. The number of carbonyl (C=O) groups is 2. The first-order valence-corrected chi connectivity index (χ1v) is 20.6. The van der Waals surface area contributed by atoms with Crippen molar-refractivity contribution >= 4 is 17.8 Å². The second-order valence-corrected chi connectivity index (χ2v) is 17.2. The zero-order chi connectivity index (χ0) is 38.1. The van der Waals surface area contributed by atoms with Gasteiger partial charge in [0, 0.05) is 43.5 Å². The predicted molar refractivity (Wildman–Crippen MR) is 211 cm³/mol. The maximum absolute atomic E-state index is 14.8. The monoisotopic (exact) mass is 739 g/mol. The lowest BCUT2D eigenvalue weighted by atomic mass is 9.51. The van der Waals surface area contributed by atoms with Crippen LogP contribution in [0.2, 0.25) is 0 Å². The van der Waals surface area contributed by atoms with E-state index in [1.807, 2.05) is 23.4 Å². The summed E-state index contributed by atoms with van der Waals surface area (Å²) in [6.45, 7) is 10.5. The highest BCUT2D eigenvalue weighted by atomic mass is 16.6. The smallest absolute Gasteiger partial charge is 0.410 e. The molecule has 4 saturated carbocycles. The van der Waals surface area contributed by atoms with Gasteiger partial charge in [-0.2, -0.15) is 5.10 Å². The number of hydrogen-bond acceptors (Lipinski definition) is 7. The van der Waals surface area contributed by atoms with Gasteiger partial charge >= 0.3 is 6.09 Å². The number of methoxy groups -OCH3 is 1. The minimum absolute atomic E-state index is 0.0420. The third-order valence-electron chi connectivity index (χ3n) is 14.2. The van der Waals surface area contributed by atoms with Crippen molar-refractivity contribution in [2.75, 3.05) is 31.6 Å². The molecule has 54 heavy (non-hydrogen) atoms. The lowest BCUT2D eigenvalue weighted by Gasteiger charge is -2.55. The van der Waals surface area contributed by atoms with Crippen molar-refractivity contribution in [2.24, 2.45) is 11.3 Å². The number of piperidine rings is 1. The average Bonchev–Trinajstić information content (AvgIpc) is 3.72. The van der Waals surface area contributed by atoms with Crippen molar-refractivity contribution in [1.82, 2.24) is 19.7 Å². The van der Waals surface area contributed by atoms with Crippen LogP contribution in [0.3, 0.4) is 0 Å². The van der Waals surface area contributed by atoms with Gasteiger partial charge in [-0.1, -0.05) is 26.0 Å². The number of rotatable bonds is 11. The molecule has 3 heterocycles. The van der Waals surface area contributed by atoms with E-state index in [1.165, 1.54) is 11.1 Å². The molecule has 0 atom stereocenters. The molecule has 0 spiro atoms. The Bertz CT molecular complexity index is 1760. The summed E-state index contributed by atoms with van der Waals surface area (Å²) < 4.78 is 13.6. The highest BCUT2D eigenvalue weighted by Gasteiger charge is 2.51. The second kappa shape index (κ2) is 15.7. The molecule has 10 heteroatoms. The number of ether oxygens (including phenoxy) is 2. The van der Waals surface area contributed by atoms with Crippen molar-refractivity contribution in [2.45, 2.75) is 141 Å². The first kappa shape index (κ1) is 38.4. The van der Waals surface area contributed by atoms with E-state index in [1.54, 1.807) is 12.0 Å². The summed E-state index contributed by atoms with van der Waals surface area (Å²) in [7, 11) is 1.74. The quantitative estimate of drug-likeness (QED) is 0.210. The van der Waals surface area contributed by atoms with Crippen LogP contribution in [0.25, 0.3) is 11.1 Å². The second-order valence-electron chi connectivity index (χ2n) is 17.2. The van der Waals surface area contributed by atoms with E-state index in [-0.39, 0.29) is 46.5 Å². The van der Waals surface area contributed by atoms with Gasteiger partial charge in [-0.25, -0.2) is 9.78 Å². The number of likely N-dealkylation sites (tertiary alicyclic amines) is 1. The van der Waals surface area contributed by atoms with Gasteiger partial charge in [-0.05, 0) is 149 Å². The lowest BCUT2D eigenvalue weighted by Crippen LogP contribution is -2.52. The van der Waals surface area contributed by atoms with Crippen molar-refractivity contribution in [3.05, 3.63) is 60.0 Å². The highest BCUT2D eigenvalue weighted by Crippen LogP contribution is 2.58. The molecule has 2 amide bonds. The Balaban J connectivity index is 1.10. The number of amides is 2. The summed E-state index contributed by atoms with van der Waals surface area (Å²) in [4.78, 5) is 36.3. The van der Waals surface area contributed by atoms with Gasteiger partial charge < -0.3 is 19.5 Å². The number of anilines is 1. The Hall–Kier alpha value is -3.92. The fraction of sp³-hybridized carbons (Fsp3) is 0.636. The van der Waals surface area contributed by atoms with E-state index in [0.717, 1.165) is 68.2 Å². The average molecular weight is 740 g/mol. The summed E-state index contributed by atoms with van der Waals surface area (Å²) in [5.74, 6) is 1.63. The van der Waals surface area contributed by atoms with Crippen LogP contribution in [-0.2, 0) is 20.5 Å². The van der Waals surface area contributed by atoms with Gasteiger partial charge in [0.15, 0.2) is 0 Å². The number of pyridine rings is 1. The zero-order valence-electron chi connectivity index (χ0n) is 33.2. The molecule has 1 aliphatic heterocycles. The highest BCUT2D eigenvalue weighted by molar-refractivity contribution is 5.95. The summed E-state index contributed by atoms with van der Waals surface area (Å²) in [5.41, 5.74) is 4.82. The number of aliphatic hydroxyl groups excluding tert-OH is 1. The zero-order valence-corrected chi connectivity index (χ0v) is 33.2. The Morgan fingerprint density at radius 1 is 0.944 bits per heavy atom. The van der Waals surface area contributed by atoms with Crippen LogP contribution >= 0.6 is 0 Å². The van der Waals surface area contributed by atoms with Gasteiger partial charge in [0.1, 0.15) is 17.7 Å². The number of aromatic nitrogens is 3. The minimum atomic E-state index is -0.341. The van der Waals surface area contributed by atoms with Crippen LogP contribution in [0, 0.1) is 18.3 Å². The molecule has 292 valence electrons. The maximum atomic E-state index is 14.8. The minimum Gasteiger partial charge on any atom is -0.496 e. The van der Waals surface area contributed by atoms with Crippen molar-refractivity contribution in [3.63, 3.8) is 0 Å². The number of hydrogen-bond donors (Lipinski definition) is 1. The molecule has 4 aliphatic carbocycles. The molecule has 3 aromatic rings. The van der Waals surface area contributed by atoms with Crippen molar-refractivity contribution in [1.29, 1.82) is 0 Å². The molecule has 5 fully saturated rings. The fourth-order valence-corrected chi connectivity index (χ4v) is 9.75. The van der Waals surface area contributed by atoms with E-state index in [0.29, 0.717) is 64.0 Å². The van der Waals surface area contributed by atoms with E-state index in [2.05, 4.69) is 62.8 Å². The predicted octanol–water partition coefficient (Wildman–Crippen LogP) is 8.57. The first-order chi connectivity index (χ1) is 26.0. The molecule has 10 nitrogen and oxygen atoms in total. The molecule has 1 saturated heterocycles. The number of nitrogens with zero attached hydrogens (tertiary/aromatic N) is 5. The molecular formula is C44H61N5O5. The summed E-state index contributed by atoms with van der Waals surface area (Å²) in [5, 5.41) is 14.6. The van der Waals surface area contributed by atoms with E-state index in [9.17, 15) is 14.7 Å². The Morgan fingerprint density at radius 3 is 2.26 bits per heavy atom. The summed E-state index contributed by atoms with van der Waals surface area (Å²) in [6, 6.07) is 10.8. The summed E-state index contributed by atoms with van der Waals surface area (Å²) >= 11 is 0. The Morgan fingerprint density at radius 2 is 1.63 bits per heavy atom.